The van der Waals surface area contributed by atoms with E-state index in [1.54, 1.807) is 0 Å². The lowest BCUT2D eigenvalue weighted by molar-refractivity contribution is -0.870. The van der Waals surface area contributed by atoms with Crippen LogP contribution >= 0.6 is 0 Å². The summed E-state index contributed by atoms with van der Waals surface area (Å²) in [4.78, 5) is 37.7. The molecule has 0 fully saturated rings. The Morgan fingerprint density at radius 2 is 0.553 bits per heavy atom. The molecular weight excluding hydrogens is 1270 g/mol. The number of esters is 2. The van der Waals surface area contributed by atoms with Gasteiger partial charge in [-0.25, -0.2) is 0 Å². The molecule has 9 heteroatoms. The Morgan fingerprint density at radius 3 is 0.835 bits per heavy atom. The Balaban J connectivity index is 3.88. The SMILES string of the molecule is CC/C=C\C/C=C\C/C=C\C/C=C\CCCCCCCCCCCCCCCCCCCCCCCCCCCCC(=O)OC(COC(=O)CCCCCCCCCCCCCCCCCCCCCCCCCCCCC/C=C\CCCCCCCCCC)COC(OCC[N+](C)(C)C)C(=O)[O-]. The summed E-state index contributed by atoms with van der Waals surface area (Å²) >= 11 is 0. The van der Waals surface area contributed by atoms with Crippen LogP contribution in [0.25, 0.3) is 0 Å². The van der Waals surface area contributed by atoms with Gasteiger partial charge in [-0.15, -0.1) is 0 Å². The van der Waals surface area contributed by atoms with E-state index in [1.165, 1.54) is 372 Å². The maximum atomic E-state index is 13.0. The van der Waals surface area contributed by atoms with Crippen molar-refractivity contribution in [3.8, 4) is 0 Å². The van der Waals surface area contributed by atoms with Crippen LogP contribution in [-0.2, 0) is 33.3 Å². The van der Waals surface area contributed by atoms with Crippen molar-refractivity contribution in [3.05, 3.63) is 60.8 Å². The van der Waals surface area contributed by atoms with Crippen molar-refractivity contribution >= 4 is 17.9 Å². The number of unbranched alkanes of at least 4 members (excludes halogenated alkanes) is 61. The summed E-state index contributed by atoms with van der Waals surface area (Å²) in [5, 5.41) is 11.9. The van der Waals surface area contributed by atoms with Crippen LogP contribution in [0.15, 0.2) is 60.8 Å². The number of quaternary nitrogens is 1. The summed E-state index contributed by atoms with van der Waals surface area (Å²) in [5.41, 5.74) is 0. The van der Waals surface area contributed by atoms with Gasteiger partial charge in [-0.2, -0.15) is 0 Å². The van der Waals surface area contributed by atoms with Crippen molar-refractivity contribution in [1.82, 2.24) is 0 Å². The molecule has 9 nitrogen and oxygen atoms in total. The van der Waals surface area contributed by atoms with E-state index >= 15 is 0 Å². The lowest BCUT2D eigenvalue weighted by Gasteiger charge is -2.26. The smallest absolute Gasteiger partial charge is 0.306 e. The molecular formula is C94H175NO8. The molecule has 0 amide bonds. The van der Waals surface area contributed by atoms with Gasteiger partial charge in [0.2, 0.25) is 0 Å². The standard InChI is InChI=1S/C94H175NO8/c1-6-8-10-12-14-16-18-20-22-24-26-28-30-32-34-36-38-40-42-44-46-48-50-52-54-56-58-60-62-64-66-68-70-72-74-76-78-80-82-84-91(96)101-88-90(89-102-94(93(98)99)100-87-86-95(3,4)5)103-92(97)85-83-81-79-77-75-73-71-69-67-65-63-61-59-57-55-53-51-49-47-45-43-41-39-37-35-33-31-29-27-25-23-21-19-17-15-13-11-9-7-2/h9,11,15,17,21,23-24,26-27,29,90,94H,6-8,10,12-14,16,18-20,22,25,28,30-89H2,1-5H3/b11-9-,17-15-,23-21-,26-24-,29-27-. The first-order valence-corrected chi connectivity index (χ1v) is 45.4. The number of aliphatic carboxylic acids is 1. The third-order valence-corrected chi connectivity index (χ3v) is 20.7. The molecule has 0 radical (unpaired) electrons. The van der Waals surface area contributed by atoms with Gasteiger partial charge in [-0.05, 0) is 77.0 Å². The lowest BCUT2D eigenvalue weighted by Crippen LogP contribution is -2.44. The minimum Gasteiger partial charge on any atom is -0.545 e. The molecule has 0 N–H and O–H groups in total. The van der Waals surface area contributed by atoms with Crippen LogP contribution in [0.4, 0.5) is 0 Å². The fourth-order valence-corrected chi connectivity index (χ4v) is 13.9. The van der Waals surface area contributed by atoms with E-state index in [2.05, 4.69) is 74.6 Å². The topological polar surface area (TPSA) is 111 Å². The van der Waals surface area contributed by atoms with E-state index in [0.29, 0.717) is 17.4 Å². The Kier molecular flexibility index (Phi) is 82.1. The molecule has 103 heavy (non-hydrogen) atoms. The summed E-state index contributed by atoms with van der Waals surface area (Å²) in [6, 6.07) is 0. The highest BCUT2D eigenvalue weighted by atomic mass is 16.7. The summed E-state index contributed by atoms with van der Waals surface area (Å²) in [5.74, 6) is -2.24. The van der Waals surface area contributed by atoms with Crippen molar-refractivity contribution in [2.75, 3.05) is 47.5 Å². The molecule has 0 spiro atoms. The highest BCUT2D eigenvalue weighted by molar-refractivity contribution is 5.70. The summed E-state index contributed by atoms with van der Waals surface area (Å²) < 4.78 is 22.9. The molecule has 2 unspecified atom stereocenters. The zero-order valence-electron chi connectivity index (χ0n) is 69.5. The first-order valence-electron chi connectivity index (χ1n) is 45.4. The minimum absolute atomic E-state index is 0.151. The largest absolute Gasteiger partial charge is 0.545 e. The first-order chi connectivity index (χ1) is 50.6. The van der Waals surface area contributed by atoms with E-state index in [9.17, 15) is 19.5 Å². The monoisotopic (exact) mass is 1450 g/mol. The number of carbonyl (C=O) groups is 3. The number of allylic oxidation sites excluding steroid dienone is 10. The second-order valence-corrected chi connectivity index (χ2v) is 32.2. The van der Waals surface area contributed by atoms with Gasteiger partial charge in [0.25, 0.3) is 0 Å². The molecule has 0 heterocycles. The normalized spacial score (nSPS) is 12.8. The Morgan fingerprint density at radius 1 is 0.301 bits per heavy atom. The van der Waals surface area contributed by atoms with Crippen LogP contribution in [0, 0.1) is 0 Å². The minimum atomic E-state index is -1.62. The molecule has 2 atom stereocenters. The van der Waals surface area contributed by atoms with E-state index in [0.717, 1.165) is 64.2 Å². The van der Waals surface area contributed by atoms with Crippen LogP contribution in [0.2, 0.25) is 0 Å². The number of hydrogen-bond donors (Lipinski definition) is 0. The third kappa shape index (κ3) is 86.1. The second-order valence-electron chi connectivity index (χ2n) is 32.2. The average Bonchev–Trinajstić information content (AvgIpc) is 0.985. The van der Waals surface area contributed by atoms with E-state index in [-0.39, 0.29) is 32.2 Å². The Labute approximate surface area is 641 Å². The number of carboxylic acid groups (broad SMARTS) is 1. The zero-order valence-corrected chi connectivity index (χ0v) is 69.5. The first kappa shape index (κ1) is 100.0. The average molecular weight is 1450 g/mol. The van der Waals surface area contributed by atoms with Crippen molar-refractivity contribution < 1.29 is 42.9 Å². The van der Waals surface area contributed by atoms with Gasteiger partial charge < -0.3 is 33.3 Å². The van der Waals surface area contributed by atoms with Crippen LogP contribution in [0.5, 0.6) is 0 Å². The highest BCUT2D eigenvalue weighted by Crippen LogP contribution is 2.21. The van der Waals surface area contributed by atoms with Gasteiger partial charge >= 0.3 is 11.9 Å². The molecule has 0 aromatic rings. The van der Waals surface area contributed by atoms with Gasteiger partial charge in [-0.1, -0.05) is 434 Å². The van der Waals surface area contributed by atoms with Crippen LogP contribution < -0.4 is 5.11 Å². The molecule has 0 aromatic carbocycles. The fraction of sp³-hybridized carbons (Fsp3) is 0.862. The van der Waals surface area contributed by atoms with Crippen molar-refractivity contribution in [2.24, 2.45) is 0 Å². The number of hydrogen-bond acceptors (Lipinski definition) is 8. The third-order valence-electron chi connectivity index (χ3n) is 20.7. The molecule has 0 aliphatic heterocycles. The van der Waals surface area contributed by atoms with Gasteiger partial charge in [0.05, 0.1) is 40.3 Å². The molecule has 0 bridgehead atoms. The predicted molar refractivity (Wildman–Crippen MR) is 445 cm³/mol. The number of rotatable bonds is 86. The van der Waals surface area contributed by atoms with E-state index in [4.69, 9.17) is 18.9 Å². The molecule has 0 aliphatic rings. The second kappa shape index (κ2) is 84.6. The molecule has 0 saturated heterocycles. The van der Waals surface area contributed by atoms with Crippen molar-refractivity contribution in [1.29, 1.82) is 0 Å². The van der Waals surface area contributed by atoms with Crippen LogP contribution in [-0.4, -0.2) is 82.3 Å². The summed E-state index contributed by atoms with van der Waals surface area (Å²) in [6.45, 7) is 4.72. The summed E-state index contributed by atoms with van der Waals surface area (Å²) in [6.07, 6.45) is 111. The molecule has 0 aromatic heterocycles. The van der Waals surface area contributed by atoms with Crippen molar-refractivity contribution in [2.45, 2.75) is 476 Å². The predicted octanol–water partition coefficient (Wildman–Crippen LogP) is 28.4. The number of likely N-dealkylation sites (N-methyl/N-ethyl adjacent to an activating group) is 1. The quantitative estimate of drug-likeness (QED) is 0.0195. The lowest BCUT2D eigenvalue weighted by atomic mass is 10.0. The molecule has 604 valence electrons. The van der Waals surface area contributed by atoms with Gasteiger partial charge in [0.15, 0.2) is 12.4 Å². The number of ether oxygens (including phenoxy) is 4. The van der Waals surface area contributed by atoms with Gasteiger partial charge in [0, 0.05) is 12.8 Å². The zero-order chi connectivity index (χ0) is 74.6. The molecule has 0 rings (SSSR count). The Bertz CT molecular complexity index is 1880. The number of carbonyl (C=O) groups excluding carboxylic acids is 3. The van der Waals surface area contributed by atoms with Gasteiger partial charge in [0.1, 0.15) is 13.2 Å². The fourth-order valence-electron chi connectivity index (χ4n) is 13.9. The highest BCUT2D eigenvalue weighted by Gasteiger charge is 2.22. The van der Waals surface area contributed by atoms with Crippen molar-refractivity contribution in [3.63, 3.8) is 0 Å². The van der Waals surface area contributed by atoms with Gasteiger partial charge in [-0.3, -0.25) is 9.59 Å². The van der Waals surface area contributed by atoms with E-state index in [1.807, 2.05) is 21.1 Å². The maximum absolute atomic E-state index is 13.0. The molecule has 0 saturated carbocycles. The number of nitrogens with zero attached hydrogens (tertiary/aromatic N) is 1. The number of carboxylic acids is 1. The summed E-state index contributed by atoms with van der Waals surface area (Å²) in [7, 11) is 5.96. The van der Waals surface area contributed by atoms with E-state index < -0.39 is 24.3 Å². The molecule has 0 aliphatic carbocycles. The van der Waals surface area contributed by atoms with Crippen LogP contribution in [0.3, 0.4) is 0 Å². The maximum Gasteiger partial charge on any atom is 0.306 e. The Hall–Kier alpha value is -3.01. The van der Waals surface area contributed by atoms with Crippen LogP contribution in [0.1, 0.15) is 463 Å².